The molecule has 2 fully saturated rings. The average Bonchev–Trinajstić information content (AvgIpc) is 3.36. The zero-order chi connectivity index (χ0) is 19.1. The Morgan fingerprint density at radius 3 is 3.00 bits per heavy atom. The molecule has 0 aliphatic carbocycles. The lowest BCUT2D eigenvalue weighted by molar-refractivity contribution is -0.00226. The van der Waals surface area contributed by atoms with Gasteiger partial charge < -0.3 is 14.0 Å². The summed E-state index contributed by atoms with van der Waals surface area (Å²) in [6, 6.07) is 8.28. The number of imidazole rings is 1. The molecule has 3 aromatic rings. The van der Waals surface area contributed by atoms with Crippen molar-refractivity contribution in [3.63, 3.8) is 0 Å². The minimum Gasteiger partial charge on any atom is -0.381 e. The van der Waals surface area contributed by atoms with Crippen LogP contribution in [-0.2, 0) is 9.47 Å². The maximum atomic E-state index is 9.12. The van der Waals surface area contributed by atoms with Crippen molar-refractivity contribution >= 4 is 33.5 Å². The number of hydrogen-bond donors (Lipinski definition) is 0. The highest BCUT2D eigenvalue weighted by Crippen LogP contribution is 2.38. The number of rotatable bonds is 3. The first kappa shape index (κ1) is 17.9. The summed E-state index contributed by atoms with van der Waals surface area (Å²) in [5.74, 6) is 1.34. The molecular weight excluding hydrogens is 376 g/mol. The van der Waals surface area contributed by atoms with Crippen molar-refractivity contribution in [1.82, 2.24) is 14.5 Å². The van der Waals surface area contributed by atoms with E-state index in [0.717, 1.165) is 53.6 Å². The maximum Gasteiger partial charge on any atom is 0.115 e. The van der Waals surface area contributed by atoms with E-state index >= 15 is 0 Å². The van der Waals surface area contributed by atoms with Gasteiger partial charge in [0.25, 0.3) is 0 Å². The number of nitriles is 1. The summed E-state index contributed by atoms with van der Waals surface area (Å²) in [4.78, 5) is 9.58. The highest BCUT2D eigenvalue weighted by Gasteiger charge is 2.31. The van der Waals surface area contributed by atoms with Gasteiger partial charge >= 0.3 is 0 Å². The number of benzene rings is 1. The third kappa shape index (κ3) is 3.04. The first-order valence-corrected chi connectivity index (χ1v) is 10.1. The molecule has 0 bridgehead atoms. The standard InChI is InChI=1S/C21H21ClN4O2/c22-14-1-2-18-17(9-14)20-19(11-24-18)25-21(13-4-7-27-12-13)26(20)15-5-8-28-16(10-15)3-6-23/h1-2,9,11,13,15-16H,3-5,7-8,10,12H2/t13-,15-,16-/m0/s1. The summed E-state index contributed by atoms with van der Waals surface area (Å²) < 4.78 is 13.9. The fourth-order valence-corrected chi connectivity index (χ4v) is 4.67. The van der Waals surface area contributed by atoms with Crippen LogP contribution in [0.1, 0.15) is 43.5 Å². The molecule has 4 heterocycles. The number of pyridine rings is 1. The Bertz CT molecular complexity index is 1070. The van der Waals surface area contributed by atoms with Crippen LogP contribution in [-0.4, -0.2) is 40.5 Å². The Balaban J connectivity index is 1.72. The minimum absolute atomic E-state index is 0.0365. The van der Waals surface area contributed by atoms with Gasteiger partial charge in [0, 0.05) is 35.6 Å². The van der Waals surface area contributed by atoms with Crippen LogP contribution in [0.3, 0.4) is 0 Å². The highest BCUT2D eigenvalue weighted by molar-refractivity contribution is 6.31. The summed E-state index contributed by atoms with van der Waals surface area (Å²) in [5.41, 5.74) is 2.88. The molecular formula is C21H21ClN4O2. The molecule has 3 atom stereocenters. The van der Waals surface area contributed by atoms with E-state index in [9.17, 15) is 0 Å². The van der Waals surface area contributed by atoms with Crippen LogP contribution in [0.15, 0.2) is 24.4 Å². The Hall–Kier alpha value is -2.20. The Morgan fingerprint density at radius 2 is 2.18 bits per heavy atom. The predicted molar refractivity (Wildman–Crippen MR) is 106 cm³/mol. The third-order valence-electron chi connectivity index (χ3n) is 5.82. The normalized spacial score (nSPS) is 25.4. The van der Waals surface area contributed by atoms with Crippen molar-refractivity contribution in [2.24, 2.45) is 0 Å². The van der Waals surface area contributed by atoms with Gasteiger partial charge in [-0.05, 0) is 37.5 Å². The topological polar surface area (TPSA) is 73.0 Å². The van der Waals surface area contributed by atoms with Crippen molar-refractivity contribution in [2.45, 2.75) is 43.7 Å². The molecule has 0 amide bonds. The first-order valence-electron chi connectivity index (χ1n) is 9.77. The van der Waals surface area contributed by atoms with Crippen molar-refractivity contribution in [3.05, 3.63) is 35.2 Å². The molecule has 6 nitrogen and oxygen atoms in total. The summed E-state index contributed by atoms with van der Waals surface area (Å²) in [6.07, 6.45) is 4.92. The van der Waals surface area contributed by atoms with E-state index in [2.05, 4.69) is 15.6 Å². The fraction of sp³-hybridized carbons (Fsp3) is 0.476. The fourth-order valence-electron chi connectivity index (χ4n) is 4.50. The molecule has 144 valence electrons. The van der Waals surface area contributed by atoms with Gasteiger partial charge in [0.2, 0.25) is 0 Å². The second-order valence-electron chi connectivity index (χ2n) is 7.59. The van der Waals surface area contributed by atoms with E-state index in [4.69, 9.17) is 31.3 Å². The number of aromatic nitrogens is 3. The Morgan fingerprint density at radius 1 is 1.25 bits per heavy atom. The van der Waals surface area contributed by atoms with Crippen LogP contribution in [0.5, 0.6) is 0 Å². The molecule has 0 unspecified atom stereocenters. The lowest BCUT2D eigenvalue weighted by Gasteiger charge is -2.31. The minimum atomic E-state index is -0.0365. The molecule has 28 heavy (non-hydrogen) atoms. The van der Waals surface area contributed by atoms with Crippen LogP contribution in [0.2, 0.25) is 5.02 Å². The maximum absolute atomic E-state index is 9.12. The zero-order valence-corrected chi connectivity index (χ0v) is 16.2. The molecule has 2 aliphatic rings. The number of fused-ring (bicyclic) bond motifs is 3. The molecule has 7 heteroatoms. The number of hydrogen-bond acceptors (Lipinski definition) is 5. The molecule has 1 aromatic carbocycles. The van der Waals surface area contributed by atoms with Crippen molar-refractivity contribution in [1.29, 1.82) is 5.26 Å². The van der Waals surface area contributed by atoms with Gasteiger partial charge in [0.05, 0.1) is 42.4 Å². The molecule has 2 aliphatic heterocycles. The van der Waals surface area contributed by atoms with Gasteiger partial charge in [0.1, 0.15) is 11.3 Å². The molecule has 0 radical (unpaired) electrons. The summed E-state index contributed by atoms with van der Waals surface area (Å²) >= 11 is 6.32. The van der Waals surface area contributed by atoms with E-state index in [1.54, 1.807) is 0 Å². The van der Waals surface area contributed by atoms with Gasteiger partial charge in [-0.2, -0.15) is 5.26 Å². The quantitative estimate of drug-likeness (QED) is 0.657. The molecule has 0 saturated carbocycles. The second-order valence-corrected chi connectivity index (χ2v) is 8.02. The monoisotopic (exact) mass is 396 g/mol. The summed E-state index contributed by atoms with van der Waals surface area (Å²) in [6.45, 7) is 2.12. The van der Waals surface area contributed by atoms with Crippen LogP contribution < -0.4 is 0 Å². The average molecular weight is 397 g/mol. The first-order chi connectivity index (χ1) is 13.7. The van der Waals surface area contributed by atoms with Crippen molar-refractivity contribution in [3.8, 4) is 6.07 Å². The highest BCUT2D eigenvalue weighted by atomic mass is 35.5. The number of nitrogens with zero attached hydrogens (tertiary/aromatic N) is 4. The van der Waals surface area contributed by atoms with E-state index in [-0.39, 0.29) is 18.1 Å². The summed E-state index contributed by atoms with van der Waals surface area (Å²) in [7, 11) is 0. The van der Waals surface area contributed by atoms with Gasteiger partial charge in [-0.15, -0.1) is 0 Å². The second kappa shape index (κ2) is 7.32. The van der Waals surface area contributed by atoms with Crippen LogP contribution in [0.4, 0.5) is 0 Å². The van der Waals surface area contributed by atoms with Gasteiger partial charge in [0.15, 0.2) is 0 Å². The van der Waals surface area contributed by atoms with E-state index in [1.807, 2.05) is 24.4 Å². The number of halogens is 1. The lowest BCUT2D eigenvalue weighted by Crippen LogP contribution is -2.29. The van der Waals surface area contributed by atoms with Crippen LogP contribution >= 0.6 is 11.6 Å². The smallest absolute Gasteiger partial charge is 0.115 e. The van der Waals surface area contributed by atoms with E-state index in [0.29, 0.717) is 24.7 Å². The molecule has 2 aromatic heterocycles. The SMILES string of the molecule is N#CC[C@H]1C[C@@H](n2c([C@H]3CCOC3)nc3cnc4ccc(Cl)cc4c32)CCO1. The van der Waals surface area contributed by atoms with Crippen molar-refractivity contribution in [2.75, 3.05) is 19.8 Å². The molecule has 0 N–H and O–H groups in total. The van der Waals surface area contributed by atoms with Crippen LogP contribution in [0.25, 0.3) is 21.9 Å². The van der Waals surface area contributed by atoms with Crippen LogP contribution in [0, 0.1) is 11.3 Å². The van der Waals surface area contributed by atoms with Gasteiger partial charge in [-0.1, -0.05) is 11.6 Å². The predicted octanol–water partition coefficient (Wildman–Crippen LogP) is 4.38. The van der Waals surface area contributed by atoms with E-state index in [1.165, 1.54) is 0 Å². The third-order valence-corrected chi connectivity index (χ3v) is 6.06. The number of ether oxygens (including phenoxy) is 2. The zero-order valence-electron chi connectivity index (χ0n) is 15.5. The molecule has 5 rings (SSSR count). The Labute approximate surface area is 168 Å². The largest absolute Gasteiger partial charge is 0.381 e. The van der Waals surface area contributed by atoms with Crippen molar-refractivity contribution < 1.29 is 9.47 Å². The van der Waals surface area contributed by atoms with E-state index < -0.39 is 0 Å². The molecule has 2 saturated heterocycles. The van der Waals surface area contributed by atoms with Gasteiger partial charge in [-0.3, -0.25) is 4.98 Å². The lowest BCUT2D eigenvalue weighted by atomic mass is 9.99. The molecule has 0 spiro atoms. The summed E-state index contributed by atoms with van der Waals surface area (Å²) in [5, 5.41) is 10.8. The Kier molecular flexibility index (Phi) is 4.67. The van der Waals surface area contributed by atoms with Gasteiger partial charge in [-0.25, -0.2) is 4.98 Å².